The van der Waals surface area contributed by atoms with Gasteiger partial charge >= 0.3 is 0 Å². The summed E-state index contributed by atoms with van der Waals surface area (Å²) in [5.74, 6) is 0.611. The Morgan fingerprint density at radius 3 is 2.75 bits per heavy atom. The Bertz CT molecular complexity index is 943. The summed E-state index contributed by atoms with van der Waals surface area (Å²) in [6.07, 6.45) is 8.15. The summed E-state index contributed by atoms with van der Waals surface area (Å²) in [4.78, 5) is 18.5. The van der Waals surface area contributed by atoms with Crippen LogP contribution in [0.25, 0.3) is 22.5 Å². The lowest BCUT2D eigenvalue weighted by Crippen LogP contribution is -2.39. The third kappa shape index (κ3) is 3.72. The molecule has 0 aliphatic carbocycles. The first-order valence-electron chi connectivity index (χ1n) is 10.0. The maximum Gasteiger partial charge on any atom is 0.219 e. The van der Waals surface area contributed by atoms with E-state index in [4.69, 9.17) is 4.98 Å². The molecular formula is C22H27N5O. The van der Waals surface area contributed by atoms with Crippen LogP contribution in [0, 0.1) is 5.92 Å². The predicted molar refractivity (Wildman–Crippen MR) is 110 cm³/mol. The molecule has 1 saturated heterocycles. The number of rotatable bonds is 5. The second-order valence-electron chi connectivity index (χ2n) is 7.52. The monoisotopic (exact) mass is 377 g/mol. The number of nitrogens with zero attached hydrogens (tertiary/aromatic N) is 5. The number of likely N-dealkylation sites (tertiary alicyclic amines) is 1. The van der Waals surface area contributed by atoms with Gasteiger partial charge in [0, 0.05) is 50.4 Å². The summed E-state index contributed by atoms with van der Waals surface area (Å²) in [5.41, 5.74) is 4.27. The third-order valence-corrected chi connectivity index (χ3v) is 5.53. The van der Waals surface area contributed by atoms with E-state index in [2.05, 4.69) is 34.9 Å². The number of carbonyl (C=O) groups is 1. The number of carbonyl (C=O) groups excluding carboxylic acids is 1. The van der Waals surface area contributed by atoms with Gasteiger partial charge in [0.05, 0.1) is 23.9 Å². The minimum atomic E-state index is 0.171. The van der Waals surface area contributed by atoms with E-state index in [0.717, 1.165) is 61.5 Å². The normalized spacial score (nSPS) is 17.1. The average molecular weight is 377 g/mol. The van der Waals surface area contributed by atoms with Gasteiger partial charge in [-0.1, -0.05) is 30.3 Å². The molecule has 1 fully saturated rings. The molecule has 0 saturated carbocycles. The van der Waals surface area contributed by atoms with Crippen molar-refractivity contribution in [3.05, 3.63) is 49.1 Å². The van der Waals surface area contributed by atoms with Crippen LogP contribution in [0.4, 0.5) is 0 Å². The molecule has 1 aromatic carbocycles. The van der Waals surface area contributed by atoms with E-state index in [1.807, 2.05) is 40.3 Å². The highest BCUT2D eigenvalue weighted by Crippen LogP contribution is 2.32. The van der Waals surface area contributed by atoms with E-state index in [0.29, 0.717) is 5.92 Å². The van der Waals surface area contributed by atoms with Crippen LogP contribution in [0.2, 0.25) is 0 Å². The van der Waals surface area contributed by atoms with Crippen molar-refractivity contribution in [1.29, 1.82) is 0 Å². The fourth-order valence-electron chi connectivity index (χ4n) is 4.07. The number of amides is 1. The van der Waals surface area contributed by atoms with Crippen molar-refractivity contribution in [2.24, 2.45) is 5.92 Å². The third-order valence-electron chi connectivity index (χ3n) is 5.53. The zero-order chi connectivity index (χ0) is 19.5. The first-order valence-corrected chi connectivity index (χ1v) is 10.0. The SMILES string of the molecule is CCn1cc(-c2c(-c3ccccc3)ncn2CC2CCCN(C(C)=O)C2)cn1. The maximum atomic E-state index is 11.8. The van der Waals surface area contributed by atoms with Crippen molar-refractivity contribution in [3.63, 3.8) is 0 Å². The van der Waals surface area contributed by atoms with Crippen LogP contribution in [0.5, 0.6) is 0 Å². The van der Waals surface area contributed by atoms with Crippen molar-refractivity contribution >= 4 is 5.91 Å². The number of aryl methyl sites for hydroxylation is 1. The lowest BCUT2D eigenvalue weighted by atomic mass is 9.97. The van der Waals surface area contributed by atoms with Crippen LogP contribution >= 0.6 is 0 Å². The average Bonchev–Trinajstić information content (AvgIpc) is 3.35. The molecule has 0 spiro atoms. The Labute approximate surface area is 165 Å². The van der Waals surface area contributed by atoms with Gasteiger partial charge < -0.3 is 9.47 Å². The summed E-state index contributed by atoms with van der Waals surface area (Å²) >= 11 is 0. The lowest BCUT2D eigenvalue weighted by molar-refractivity contribution is -0.130. The molecule has 0 radical (unpaired) electrons. The number of piperidine rings is 1. The van der Waals surface area contributed by atoms with Crippen LogP contribution in [-0.2, 0) is 17.9 Å². The largest absolute Gasteiger partial charge is 0.343 e. The molecule has 28 heavy (non-hydrogen) atoms. The molecule has 6 nitrogen and oxygen atoms in total. The van der Waals surface area contributed by atoms with Crippen molar-refractivity contribution in [2.75, 3.05) is 13.1 Å². The summed E-state index contributed by atoms with van der Waals surface area (Å²) in [5, 5.41) is 4.47. The van der Waals surface area contributed by atoms with Crippen LogP contribution in [0.3, 0.4) is 0 Å². The summed E-state index contributed by atoms with van der Waals surface area (Å²) < 4.78 is 4.19. The van der Waals surface area contributed by atoms with Crippen LogP contribution in [0.1, 0.15) is 26.7 Å². The molecule has 1 aliphatic rings. The first-order chi connectivity index (χ1) is 13.7. The number of hydrogen-bond donors (Lipinski definition) is 0. The molecule has 2 aromatic heterocycles. The Morgan fingerprint density at radius 2 is 2.04 bits per heavy atom. The van der Waals surface area contributed by atoms with Crippen LogP contribution < -0.4 is 0 Å². The molecular weight excluding hydrogens is 350 g/mol. The molecule has 0 bridgehead atoms. The van der Waals surface area contributed by atoms with Gasteiger partial charge in [-0.3, -0.25) is 9.48 Å². The molecule has 3 aromatic rings. The molecule has 6 heteroatoms. The number of aromatic nitrogens is 4. The van der Waals surface area contributed by atoms with Gasteiger partial charge in [-0.2, -0.15) is 5.10 Å². The van der Waals surface area contributed by atoms with Crippen molar-refractivity contribution in [3.8, 4) is 22.5 Å². The van der Waals surface area contributed by atoms with Gasteiger partial charge in [-0.25, -0.2) is 4.98 Å². The van der Waals surface area contributed by atoms with Gasteiger partial charge in [0.25, 0.3) is 0 Å². The van der Waals surface area contributed by atoms with Gasteiger partial charge in [0.1, 0.15) is 0 Å². The quantitative estimate of drug-likeness (QED) is 0.681. The molecule has 1 unspecified atom stereocenters. The minimum absolute atomic E-state index is 0.171. The summed E-state index contributed by atoms with van der Waals surface area (Å²) in [6.45, 7) is 7.15. The standard InChI is InChI=1S/C22H27N5O/c1-3-27-15-20(12-24-27)22-21(19-9-5-4-6-10-19)23-16-26(22)14-18-8-7-11-25(13-18)17(2)28/h4-6,9-10,12,15-16,18H,3,7-8,11,13-14H2,1-2H3. The molecule has 3 heterocycles. The highest BCUT2D eigenvalue weighted by molar-refractivity contribution is 5.78. The topological polar surface area (TPSA) is 56.0 Å². The minimum Gasteiger partial charge on any atom is -0.343 e. The second kappa shape index (κ2) is 8.00. The molecule has 0 N–H and O–H groups in total. The molecule has 4 rings (SSSR count). The van der Waals surface area contributed by atoms with E-state index < -0.39 is 0 Å². The van der Waals surface area contributed by atoms with Crippen molar-refractivity contribution in [2.45, 2.75) is 39.8 Å². The van der Waals surface area contributed by atoms with E-state index in [1.54, 1.807) is 6.92 Å². The number of hydrogen-bond acceptors (Lipinski definition) is 3. The first kappa shape index (κ1) is 18.5. The molecule has 1 atom stereocenters. The highest BCUT2D eigenvalue weighted by atomic mass is 16.2. The summed E-state index contributed by atoms with van der Waals surface area (Å²) in [6, 6.07) is 10.3. The zero-order valence-corrected chi connectivity index (χ0v) is 16.6. The Kier molecular flexibility index (Phi) is 5.28. The van der Waals surface area contributed by atoms with Gasteiger partial charge in [-0.15, -0.1) is 0 Å². The Hall–Kier alpha value is -2.89. The van der Waals surface area contributed by atoms with Crippen molar-refractivity contribution in [1.82, 2.24) is 24.2 Å². The van der Waals surface area contributed by atoms with Crippen molar-refractivity contribution < 1.29 is 4.79 Å². The highest BCUT2D eigenvalue weighted by Gasteiger charge is 2.24. The van der Waals surface area contributed by atoms with Gasteiger partial charge in [0.15, 0.2) is 0 Å². The number of imidazole rings is 1. The van der Waals surface area contributed by atoms with Gasteiger partial charge in [0.2, 0.25) is 5.91 Å². The molecule has 1 aliphatic heterocycles. The molecule has 1 amide bonds. The van der Waals surface area contributed by atoms with E-state index in [1.165, 1.54) is 0 Å². The zero-order valence-electron chi connectivity index (χ0n) is 16.6. The second-order valence-corrected chi connectivity index (χ2v) is 7.52. The van der Waals surface area contributed by atoms with Crippen LogP contribution in [0.15, 0.2) is 49.1 Å². The van der Waals surface area contributed by atoms with E-state index >= 15 is 0 Å². The number of benzene rings is 1. The Morgan fingerprint density at radius 1 is 1.21 bits per heavy atom. The molecule has 146 valence electrons. The van der Waals surface area contributed by atoms with E-state index in [-0.39, 0.29) is 5.91 Å². The predicted octanol–water partition coefficient (Wildman–Crippen LogP) is 3.69. The smallest absolute Gasteiger partial charge is 0.219 e. The summed E-state index contributed by atoms with van der Waals surface area (Å²) in [7, 11) is 0. The van der Waals surface area contributed by atoms with Gasteiger partial charge in [-0.05, 0) is 25.7 Å². The Balaban J connectivity index is 1.69. The van der Waals surface area contributed by atoms with Crippen LogP contribution in [-0.4, -0.2) is 43.2 Å². The fourth-order valence-corrected chi connectivity index (χ4v) is 4.07. The fraction of sp³-hybridized carbons (Fsp3) is 0.409. The maximum absolute atomic E-state index is 11.8. The lowest BCUT2D eigenvalue weighted by Gasteiger charge is -2.32. The van der Waals surface area contributed by atoms with E-state index in [9.17, 15) is 4.79 Å².